The molecule has 1 amide bonds. The number of carbonyl (C=O) groups is 1. The highest BCUT2D eigenvalue weighted by Gasteiger charge is 2.24. The zero-order valence-corrected chi connectivity index (χ0v) is 16.1. The van der Waals surface area contributed by atoms with Crippen LogP contribution in [0.15, 0.2) is 53.4 Å². The minimum absolute atomic E-state index is 0.0559. The van der Waals surface area contributed by atoms with Crippen molar-refractivity contribution in [3.63, 3.8) is 0 Å². The molecule has 0 spiro atoms. The molecule has 26 heavy (non-hydrogen) atoms. The predicted molar refractivity (Wildman–Crippen MR) is 106 cm³/mol. The van der Waals surface area contributed by atoms with E-state index in [9.17, 15) is 4.79 Å². The number of amides is 1. The molecule has 2 aromatic carbocycles. The van der Waals surface area contributed by atoms with Gasteiger partial charge in [-0.25, -0.2) is 0 Å². The number of methoxy groups -OCH3 is 1. The van der Waals surface area contributed by atoms with Crippen LogP contribution in [0.4, 0.5) is 0 Å². The lowest BCUT2D eigenvalue weighted by Crippen LogP contribution is -2.45. The third kappa shape index (κ3) is 4.47. The number of thioether (sulfide) groups is 1. The second kappa shape index (κ2) is 9.21. The molecule has 0 bridgehead atoms. The molecule has 0 aromatic heterocycles. The van der Waals surface area contributed by atoms with Crippen molar-refractivity contribution >= 4 is 17.7 Å². The standard InChI is InChI=1S/C21H25NO3S/c1-24-13-11-18-15-22(12-14-25-18)21(23)17-9-7-16(8-10-17)19-5-3-4-6-20(19)26-2/h3-10,18H,11-15H2,1-2H3/t18-/m1/s1. The molecule has 0 aliphatic carbocycles. The van der Waals surface area contributed by atoms with Crippen LogP contribution in [-0.4, -0.2) is 56.6 Å². The van der Waals surface area contributed by atoms with Gasteiger partial charge in [0.05, 0.1) is 12.7 Å². The Morgan fingerprint density at radius 1 is 1.23 bits per heavy atom. The number of hydrogen-bond donors (Lipinski definition) is 0. The Morgan fingerprint density at radius 3 is 2.73 bits per heavy atom. The molecule has 0 unspecified atom stereocenters. The van der Waals surface area contributed by atoms with Gasteiger partial charge in [-0.2, -0.15) is 0 Å². The number of rotatable bonds is 6. The van der Waals surface area contributed by atoms with Crippen LogP contribution in [0, 0.1) is 0 Å². The molecular formula is C21H25NO3S. The molecule has 1 heterocycles. The fourth-order valence-electron chi connectivity index (χ4n) is 3.19. The molecule has 1 atom stereocenters. The third-order valence-electron chi connectivity index (χ3n) is 4.62. The Balaban J connectivity index is 1.71. The SMILES string of the molecule is COCC[C@@H]1CN(C(=O)c2ccc(-c3ccccc3SC)cc2)CCO1. The van der Waals surface area contributed by atoms with Crippen LogP contribution in [0.5, 0.6) is 0 Å². The molecule has 1 saturated heterocycles. The molecule has 3 rings (SSSR count). The highest BCUT2D eigenvalue weighted by molar-refractivity contribution is 7.98. The maximum Gasteiger partial charge on any atom is 0.254 e. The van der Waals surface area contributed by atoms with Crippen molar-refractivity contribution in [3.05, 3.63) is 54.1 Å². The van der Waals surface area contributed by atoms with Gasteiger partial charge in [-0.15, -0.1) is 11.8 Å². The molecule has 0 radical (unpaired) electrons. The smallest absolute Gasteiger partial charge is 0.254 e. The lowest BCUT2D eigenvalue weighted by Gasteiger charge is -2.33. The third-order valence-corrected chi connectivity index (χ3v) is 5.42. The van der Waals surface area contributed by atoms with Crippen molar-refractivity contribution in [1.29, 1.82) is 0 Å². The van der Waals surface area contributed by atoms with Gasteiger partial charge in [-0.1, -0.05) is 30.3 Å². The summed E-state index contributed by atoms with van der Waals surface area (Å²) in [5.41, 5.74) is 3.05. The largest absolute Gasteiger partial charge is 0.385 e. The van der Waals surface area contributed by atoms with Crippen molar-refractivity contribution in [2.24, 2.45) is 0 Å². The summed E-state index contributed by atoms with van der Waals surface area (Å²) in [6, 6.07) is 16.2. The van der Waals surface area contributed by atoms with Gasteiger partial charge in [0.2, 0.25) is 0 Å². The zero-order chi connectivity index (χ0) is 18.4. The Kier molecular flexibility index (Phi) is 6.72. The maximum absolute atomic E-state index is 12.8. The fraction of sp³-hybridized carbons (Fsp3) is 0.381. The van der Waals surface area contributed by atoms with Crippen molar-refractivity contribution in [1.82, 2.24) is 4.90 Å². The first-order valence-electron chi connectivity index (χ1n) is 8.86. The van der Waals surface area contributed by atoms with Crippen LogP contribution in [0.25, 0.3) is 11.1 Å². The summed E-state index contributed by atoms with van der Waals surface area (Å²) >= 11 is 1.73. The van der Waals surface area contributed by atoms with E-state index in [2.05, 4.69) is 18.4 Å². The van der Waals surface area contributed by atoms with Crippen LogP contribution in [-0.2, 0) is 9.47 Å². The highest BCUT2D eigenvalue weighted by atomic mass is 32.2. The summed E-state index contributed by atoms with van der Waals surface area (Å²) < 4.78 is 10.8. The second-order valence-corrected chi connectivity index (χ2v) is 7.15. The monoisotopic (exact) mass is 371 g/mol. The van der Waals surface area contributed by atoms with Crippen LogP contribution >= 0.6 is 11.8 Å². The molecule has 0 saturated carbocycles. The molecule has 2 aromatic rings. The van der Waals surface area contributed by atoms with Gasteiger partial charge in [0.25, 0.3) is 5.91 Å². The Morgan fingerprint density at radius 2 is 2.00 bits per heavy atom. The summed E-state index contributed by atoms with van der Waals surface area (Å²) in [7, 11) is 1.68. The molecule has 138 valence electrons. The van der Waals surface area contributed by atoms with E-state index in [4.69, 9.17) is 9.47 Å². The van der Waals surface area contributed by atoms with E-state index >= 15 is 0 Å². The molecule has 0 N–H and O–H groups in total. The van der Waals surface area contributed by atoms with Gasteiger partial charge in [0, 0.05) is 37.3 Å². The first-order chi connectivity index (χ1) is 12.7. The van der Waals surface area contributed by atoms with Crippen LogP contribution in [0.2, 0.25) is 0 Å². The number of carbonyl (C=O) groups excluding carboxylic acids is 1. The molecule has 5 heteroatoms. The Bertz CT molecular complexity index is 732. The topological polar surface area (TPSA) is 38.8 Å². The predicted octanol–water partition coefficient (Wildman–Crippen LogP) is 3.95. The van der Waals surface area contributed by atoms with Gasteiger partial charge in [0.1, 0.15) is 0 Å². The van der Waals surface area contributed by atoms with Crippen molar-refractivity contribution in [2.45, 2.75) is 17.4 Å². The molecular weight excluding hydrogens is 346 g/mol. The van der Waals surface area contributed by atoms with Gasteiger partial charge >= 0.3 is 0 Å². The summed E-state index contributed by atoms with van der Waals surface area (Å²) in [6.45, 7) is 2.49. The molecule has 4 nitrogen and oxygen atoms in total. The number of morpholine rings is 1. The number of ether oxygens (including phenoxy) is 2. The lowest BCUT2D eigenvalue weighted by molar-refractivity contribution is -0.0332. The van der Waals surface area contributed by atoms with E-state index in [1.807, 2.05) is 41.3 Å². The van der Waals surface area contributed by atoms with Gasteiger partial charge < -0.3 is 14.4 Å². The van der Waals surface area contributed by atoms with E-state index < -0.39 is 0 Å². The summed E-state index contributed by atoms with van der Waals surface area (Å²) in [5.74, 6) is 0.0698. The first kappa shape index (κ1) is 19.0. The molecule has 1 aliphatic rings. The Hall–Kier alpha value is -1.82. The number of hydrogen-bond acceptors (Lipinski definition) is 4. The highest BCUT2D eigenvalue weighted by Crippen LogP contribution is 2.30. The lowest BCUT2D eigenvalue weighted by atomic mass is 10.0. The van der Waals surface area contributed by atoms with Gasteiger partial charge in [-0.05, 0) is 42.0 Å². The van der Waals surface area contributed by atoms with E-state index in [0.717, 1.165) is 17.5 Å². The average Bonchev–Trinajstić information content (AvgIpc) is 2.72. The first-order valence-corrected chi connectivity index (χ1v) is 10.1. The molecule has 1 fully saturated rings. The number of benzene rings is 2. The average molecular weight is 372 g/mol. The van der Waals surface area contributed by atoms with Crippen molar-refractivity contribution in [2.75, 3.05) is 39.7 Å². The van der Waals surface area contributed by atoms with Crippen LogP contribution in [0.3, 0.4) is 0 Å². The zero-order valence-electron chi connectivity index (χ0n) is 15.3. The maximum atomic E-state index is 12.8. The summed E-state index contributed by atoms with van der Waals surface area (Å²) in [4.78, 5) is 15.9. The second-order valence-electron chi connectivity index (χ2n) is 6.30. The van der Waals surface area contributed by atoms with Crippen LogP contribution in [0.1, 0.15) is 16.8 Å². The number of nitrogens with zero attached hydrogens (tertiary/aromatic N) is 1. The quantitative estimate of drug-likeness (QED) is 0.721. The Labute approximate surface area is 159 Å². The normalized spacial score (nSPS) is 17.3. The molecule has 1 aliphatic heterocycles. The van der Waals surface area contributed by atoms with E-state index in [1.54, 1.807) is 18.9 Å². The van der Waals surface area contributed by atoms with E-state index in [-0.39, 0.29) is 12.0 Å². The summed E-state index contributed by atoms with van der Waals surface area (Å²) in [6.07, 6.45) is 2.94. The van der Waals surface area contributed by atoms with Gasteiger partial charge in [-0.3, -0.25) is 4.79 Å². The fourth-order valence-corrected chi connectivity index (χ4v) is 3.81. The summed E-state index contributed by atoms with van der Waals surface area (Å²) in [5, 5.41) is 0. The van der Waals surface area contributed by atoms with Gasteiger partial charge in [0.15, 0.2) is 0 Å². The minimum Gasteiger partial charge on any atom is -0.385 e. The van der Waals surface area contributed by atoms with Crippen molar-refractivity contribution < 1.29 is 14.3 Å². The van der Waals surface area contributed by atoms with Crippen LogP contribution < -0.4 is 0 Å². The van der Waals surface area contributed by atoms with E-state index in [0.29, 0.717) is 26.3 Å². The minimum atomic E-state index is 0.0559. The van der Waals surface area contributed by atoms with Crippen molar-refractivity contribution in [3.8, 4) is 11.1 Å². The van der Waals surface area contributed by atoms with E-state index in [1.165, 1.54) is 10.5 Å².